The number of carbonyl (C=O) groups excluding carboxylic acids is 1. The van der Waals surface area contributed by atoms with Crippen molar-refractivity contribution in [3.8, 4) is 0 Å². The number of rotatable bonds is 26. The Morgan fingerprint density at radius 1 is 0.389 bits per heavy atom. The van der Waals surface area contributed by atoms with Crippen LogP contribution in [0.5, 0.6) is 0 Å². The van der Waals surface area contributed by atoms with Gasteiger partial charge in [-0.1, -0.05) is 6.42 Å². The average molecular weight is 1150 g/mol. The number of unbranched alkanes of at least 4 members (excludes halogenated alkanes) is 1. The first-order valence-corrected chi connectivity index (χ1v) is 17.9. The maximum absolute atomic E-state index is 14.3. The van der Waals surface area contributed by atoms with Crippen molar-refractivity contribution in [1.29, 1.82) is 0 Å². The van der Waals surface area contributed by atoms with Crippen molar-refractivity contribution in [1.82, 2.24) is 15.1 Å². The molecule has 0 saturated heterocycles. The molecular formula is C30H26F33N3O6. The minimum Gasteiger partial charge on any atom is -0.465 e. The minimum absolute atomic E-state index is 1.02. The molecule has 0 fully saturated rings. The lowest BCUT2D eigenvalue weighted by molar-refractivity contribution is -0.423. The molecule has 0 aliphatic carbocycles. The lowest BCUT2D eigenvalue weighted by Gasteiger charge is -2.38. The van der Waals surface area contributed by atoms with Crippen LogP contribution in [0, 0.1) is 5.92 Å². The van der Waals surface area contributed by atoms with Gasteiger partial charge >= 0.3 is 108 Å². The highest BCUT2D eigenvalue weighted by Gasteiger charge is 2.89. The third kappa shape index (κ3) is 12.9. The molecule has 0 aromatic rings. The van der Waals surface area contributed by atoms with Crippen LogP contribution in [0.1, 0.15) is 32.1 Å². The number of nitrogens with zero attached hydrogens (tertiary/aromatic N) is 2. The number of carboxylic acid groups (broad SMARTS) is 2. The van der Waals surface area contributed by atoms with Gasteiger partial charge in [0, 0.05) is 19.6 Å². The molecule has 0 aromatic heterocycles. The number of hydrogen-bond donors (Lipinski definition) is 3. The second-order valence-corrected chi connectivity index (χ2v) is 14.6. The first-order valence-electron chi connectivity index (χ1n) is 17.9. The standard InChI is InChI=1S/C30H26F33N3O6/c31-16(32,19(37,38)22(43,44)25(49,50)28(55,56)57)9-65(14(68)69)6-2-1-4-12(8-64-13(67)72-11-18(35,36)21(41,42)24(47,48)27(53,54)30(61,62)63)5-3-7-66(15(70)71)10-17(33,34)20(39,40)23(45,46)26(51,52)29(58,59)60/h12H,1-11H2,(H,64,67)(H,68,69)(H,70,71). The number of hydrogen-bond acceptors (Lipinski definition) is 4. The van der Waals surface area contributed by atoms with Crippen molar-refractivity contribution < 1.29 is 174 Å². The molecule has 0 saturated carbocycles. The van der Waals surface area contributed by atoms with Gasteiger partial charge in [-0.15, -0.1) is 0 Å². The molecule has 1 atom stereocenters. The van der Waals surface area contributed by atoms with Crippen LogP contribution in [0.25, 0.3) is 0 Å². The van der Waals surface area contributed by atoms with E-state index in [0.717, 1.165) is 5.32 Å². The van der Waals surface area contributed by atoms with Crippen LogP contribution in [0.4, 0.5) is 159 Å². The van der Waals surface area contributed by atoms with E-state index < -0.39 is 195 Å². The first-order chi connectivity index (χ1) is 31.3. The summed E-state index contributed by atoms with van der Waals surface area (Å²) in [7, 11) is 0. The Labute approximate surface area is 375 Å². The smallest absolute Gasteiger partial charge is 0.460 e. The molecule has 0 heterocycles. The molecule has 0 aliphatic heterocycles. The summed E-state index contributed by atoms with van der Waals surface area (Å²) in [6, 6.07) is 0. The van der Waals surface area contributed by atoms with Gasteiger partial charge in [-0.05, 0) is 31.6 Å². The van der Waals surface area contributed by atoms with Crippen molar-refractivity contribution >= 4 is 18.3 Å². The Kier molecular flexibility index (Phi) is 19.7. The van der Waals surface area contributed by atoms with E-state index in [4.69, 9.17) is 10.2 Å². The van der Waals surface area contributed by atoms with Crippen LogP contribution in [0.3, 0.4) is 0 Å². The highest BCUT2D eigenvalue weighted by atomic mass is 19.5. The molecule has 42 heteroatoms. The molecule has 3 amide bonds. The predicted octanol–water partition coefficient (Wildman–Crippen LogP) is 12.5. The van der Waals surface area contributed by atoms with E-state index in [9.17, 15) is 159 Å². The first kappa shape index (κ1) is 67.5. The fraction of sp³-hybridized carbons (Fsp3) is 0.900. The molecule has 3 N–H and O–H groups in total. The fourth-order valence-corrected chi connectivity index (χ4v) is 5.16. The van der Waals surface area contributed by atoms with Gasteiger partial charge in [0.05, 0.1) is 13.1 Å². The average Bonchev–Trinajstić information content (AvgIpc) is 3.17. The van der Waals surface area contributed by atoms with E-state index in [2.05, 4.69) is 4.74 Å². The summed E-state index contributed by atoms with van der Waals surface area (Å²) in [5.74, 6) is -94.0. The van der Waals surface area contributed by atoms with Gasteiger partial charge in [0.2, 0.25) is 0 Å². The molecule has 0 rings (SSSR count). The fourth-order valence-electron chi connectivity index (χ4n) is 5.16. The van der Waals surface area contributed by atoms with Gasteiger partial charge in [0.1, 0.15) is 0 Å². The number of carbonyl (C=O) groups is 3. The van der Waals surface area contributed by atoms with Gasteiger partial charge in [0.25, 0.3) is 0 Å². The van der Waals surface area contributed by atoms with E-state index in [1.54, 1.807) is 0 Å². The summed E-state index contributed by atoms with van der Waals surface area (Å²) < 4.78 is 443. The molecule has 1 unspecified atom stereocenters. The Bertz CT molecular complexity index is 1850. The lowest BCUT2D eigenvalue weighted by atomic mass is 9.95. The van der Waals surface area contributed by atoms with Crippen LogP contribution in [-0.2, 0) is 4.74 Å². The molecule has 72 heavy (non-hydrogen) atoms. The van der Waals surface area contributed by atoms with Gasteiger partial charge in [-0.3, -0.25) is 0 Å². The third-order valence-electron chi connectivity index (χ3n) is 9.38. The zero-order valence-electron chi connectivity index (χ0n) is 33.8. The molecule has 9 nitrogen and oxygen atoms in total. The second kappa shape index (κ2) is 21.0. The van der Waals surface area contributed by atoms with Gasteiger partial charge in [-0.2, -0.15) is 145 Å². The molecule has 0 radical (unpaired) electrons. The minimum atomic E-state index is -8.08. The number of nitrogens with one attached hydrogen (secondary N) is 1. The number of alkyl halides is 33. The summed E-state index contributed by atoms with van der Waals surface area (Å²) in [5, 5.41) is 19.3. The zero-order chi connectivity index (χ0) is 58.2. The van der Waals surface area contributed by atoms with Gasteiger partial charge in [0.15, 0.2) is 6.61 Å². The Hall–Kier alpha value is -4.50. The summed E-state index contributed by atoms with van der Waals surface area (Å²) in [5.41, 5.74) is 0. The number of alkyl carbamates (subject to hydrolysis) is 1. The van der Waals surface area contributed by atoms with E-state index in [-0.39, 0.29) is 0 Å². The second-order valence-electron chi connectivity index (χ2n) is 14.6. The Morgan fingerprint density at radius 2 is 0.667 bits per heavy atom. The van der Waals surface area contributed by atoms with E-state index in [1.807, 2.05) is 0 Å². The van der Waals surface area contributed by atoms with Crippen molar-refractivity contribution in [2.45, 2.75) is 122 Å². The lowest BCUT2D eigenvalue weighted by Crippen LogP contribution is -2.68. The van der Waals surface area contributed by atoms with Crippen LogP contribution < -0.4 is 5.32 Å². The van der Waals surface area contributed by atoms with Crippen LogP contribution in [0.15, 0.2) is 0 Å². The zero-order valence-corrected chi connectivity index (χ0v) is 33.8. The maximum atomic E-state index is 14.3. The monoisotopic (exact) mass is 1150 g/mol. The van der Waals surface area contributed by atoms with Crippen molar-refractivity contribution in [2.24, 2.45) is 5.92 Å². The molecule has 0 aromatic carbocycles. The summed E-state index contributed by atoms with van der Waals surface area (Å²) in [6.07, 6.45) is -37.3. The van der Waals surface area contributed by atoms with Crippen LogP contribution in [-0.4, -0.2) is 167 Å². The highest BCUT2D eigenvalue weighted by molar-refractivity contribution is 5.67. The quantitative estimate of drug-likeness (QED) is 0.0586. The summed E-state index contributed by atoms with van der Waals surface area (Å²) in [4.78, 5) is 32.6. The summed E-state index contributed by atoms with van der Waals surface area (Å²) in [6.45, 7) is -15.4. The van der Waals surface area contributed by atoms with Gasteiger partial charge < -0.3 is 30.1 Å². The van der Waals surface area contributed by atoms with E-state index >= 15 is 0 Å². The van der Waals surface area contributed by atoms with Crippen molar-refractivity contribution in [3.05, 3.63) is 0 Å². The number of ether oxygens (including phenoxy) is 1. The highest BCUT2D eigenvalue weighted by Crippen LogP contribution is 2.60. The SMILES string of the molecule is O=C(NCC(CCCCN(CC(F)(F)C(F)(F)C(F)(F)C(F)(F)C(F)(F)F)C(=O)O)CCCN(CC(F)(F)C(F)(F)C(F)(F)C(F)(F)C(F)(F)F)C(=O)O)OCC(F)(F)C(F)(F)C(F)(F)C(F)(F)C(F)(F)F. The Balaban J connectivity index is 6.63. The molecule has 0 aliphatic rings. The normalized spacial score (nSPS) is 15.6. The molecule has 0 bridgehead atoms. The van der Waals surface area contributed by atoms with E-state index in [1.165, 1.54) is 0 Å². The van der Waals surface area contributed by atoms with E-state index in [0.29, 0.717) is 0 Å². The maximum Gasteiger partial charge on any atom is 0.460 e. The molecule has 428 valence electrons. The van der Waals surface area contributed by atoms with Crippen molar-refractivity contribution in [3.63, 3.8) is 0 Å². The van der Waals surface area contributed by atoms with Crippen LogP contribution >= 0.6 is 0 Å². The molecule has 0 spiro atoms. The van der Waals surface area contributed by atoms with Crippen molar-refractivity contribution in [2.75, 3.05) is 39.3 Å². The third-order valence-corrected chi connectivity index (χ3v) is 9.38. The largest absolute Gasteiger partial charge is 0.465 e. The predicted molar refractivity (Wildman–Crippen MR) is 163 cm³/mol. The summed E-state index contributed by atoms with van der Waals surface area (Å²) >= 11 is 0. The Morgan fingerprint density at radius 3 is 0.958 bits per heavy atom. The van der Waals surface area contributed by atoms with Crippen LogP contribution in [0.2, 0.25) is 0 Å². The number of amides is 3. The van der Waals surface area contributed by atoms with Gasteiger partial charge in [-0.25, -0.2) is 14.4 Å². The molecular weight excluding hydrogens is 1130 g/mol. The number of halogens is 33. The topological polar surface area (TPSA) is 119 Å².